The number of hydrogen-bond acceptors (Lipinski definition) is 4. The molecule has 0 amide bonds. The van der Waals surface area contributed by atoms with E-state index in [4.69, 9.17) is 20.0 Å². The first-order valence-corrected chi connectivity index (χ1v) is 10.3. The third-order valence-corrected chi connectivity index (χ3v) is 6.35. The Bertz CT molecular complexity index is 1100. The Balaban J connectivity index is 1.89. The second-order valence-electron chi connectivity index (χ2n) is 8.32. The van der Waals surface area contributed by atoms with E-state index in [-0.39, 0.29) is 10.8 Å². The standard InChI is InChI=1S/C27H26N2O2/c1-5-27(4,23-12-16-25(17-13-23)31-19-29)22-8-6-20(7-9-22)26(2,3)21-10-14-24(15-11-21)30-18-28/h6-17H,5H2,1-4H3. The monoisotopic (exact) mass is 410 g/mol. The molecule has 0 saturated carbocycles. The molecule has 156 valence electrons. The van der Waals surface area contributed by atoms with E-state index in [1.54, 1.807) is 12.5 Å². The fourth-order valence-electron chi connectivity index (χ4n) is 3.93. The van der Waals surface area contributed by atoms with Crippen LogP contribution in [0.2, 0.25) is 0 Å². The second kappa shape index (κ2) is 8.94. The molecule has 0 N–H and O–H groups in total. The molecule has 3 rings (SSSR count). The van der Waals surface area contributed by atoms with E-state index in [0.29, 0.717) is 11.5 Å². The maximum Gasteiger partial charge on any atom is 0.292 e. The van der Waals surface area contributed by atoms with Crippen LogP contribution in [-0.2, 0) is 10.8 Å². The molecule has 4 heteroatoms. The maximum atomic E-state index is 8.69. The van der Waals surface area contributed by atoms with Crippen LogP contribution in [0.15, 0.2) is 72.8 Å². The first-order valence-electron chi connectivity index (χ1n) is 10.3. The van der Waals surface area contributed by atoms with Crippen LogP contribution in [0.5, 0.6) is 11.5 Å². The maximum absolute atomic E-state index is 8.69. The third kappa shape index (κ3) is 4.39. The van der Waals surface area contributed by atoms with Gasteiger partial charge in [0.25, 0.3) is 12.5 Å². The van der Waals surface area contributed by atoms with Crippen LogP contribution < -0.4 is 9.47 Å². The fourth-order valence-corrected chi connectivity index (χ4v) is 3.93. The van der Waals surface area contributed by atoms with Crippen LogP contribution in [0.1, 0.15) is 56.4 Å². The third-order valence-electron chi connectivity index (χ3n) is 6.35. The SMILES string of the molecule is CCC(C)(c1ccc(OC#N)cc1)c1ccc(C(C)(C)c2ccc(OC#N)cc2)cc1. The summed E-state index contributed by atoms with van der Waals surface area (Å²) in [6, 6.07) is 24.2. The normalized spacial score (nSPS) is 12.8. The minimum absolute atomic E-state index is 0.149. The lowest BCUT2D eigenvalue weighted by Gasteiger charge is -2.31. The summed E-state index contributed by atoms with van der Waals surface area (Å²) < 4.78 is 9.80. The van der Waals surface area contributed by atoms with E-state index in [1.165, 1.54) is 16.7 Å². The molecule has 3 aromatic rings. The van der Waals surface area contributed by atoms with Crippen molar-refractivity contribution in [3.05, 3.63) is 95.1 Å². The molecular weight excluding hydrogens is 384 g/mol. The average molecular weight is 411 g/mol. The lowest BCUT2D eigenvalue weighted by molar-refractivity contribution is 0.504. The smallest absolute Gasteiger partial charge is 0.292 e. The van der Waals surface area contributed by atoms with E-state index in [0.717, 1.165) is 12.0 Å². The van der Waals surface area contributed by atoms with Gasteiger partial charge in [0.1, 0.15) is 11.5 Å². The summed E-state index contributed by atoms with van der Waals surface area (Å²) in [6.07, 6.45) is 4.35. The molecule has 0 heterocycles. The summed E-state index contributed by atoms with van der Waals surface area (Å²) in [4.78, 5) is 0. The summed E-state index contributed by atoms with van der Waals surface area (Å²) in [5.74, 6) is 1.09. The van der Waals surface area contributed by atoms with Crippen molar-refractivity contribution in [2.24, 2.45) is 0 Å². The molecule has 0 fully saturated rings. The molecule has 0 saturated heterocycles. The molecule has 0 aromatic heterocycles. The Morgan fingerprint density at radius 3 is 1.29 bits per heavy atom. The van der Waals surface area contributed by atoms with Crippen molar-refractivity contribution in [2.45, 2.75) is 44.9 Å². The lowest BCUT2D eigenvalue weighted by Crippen LogP contribution is -2.23. The van der Waals surface area contributed by atoms with Gasteiger partial charge in [0.2, 0.25) is 0 Å². The van der Waals surface area contributed by atoms with Crippen LogP contribution >= 0.6 is 0 Å². The zero-order valence-corrected chi connectivity index (χ0v) is 18.3. The zero-order chi connectivity index (χ0) is 22.5. The summed E-state index contributed by atoms with van der Waals surface area (Å²) in [5, 5.41) is 17.4. The van der Waals surface area contributed by atoms with E-state index >= 15 is 0 Å². The van der Waals surface area contributed by atoms with Crippen LogP contribution in [0.25, 0.3) is 0 Å². The number of nitriles is 2. The topological polar surface area (TPSA) is 66.0 Å². The Labute approximate surface area is 184 Å². The first-order chi connectivity index (χ1) is 14.8. The highest BCUT2D eigenvalue weighted by molar-refractivity contribution is 5.45. The fraction of sp³-hybridized carbons (Fsp3) is 0.259. The van der Waals surface area contributed by atoms with Gasteiger partial charge in [0.05, 0.1) is 0 Å². The van der Waals surface area contributed by atoms with Crippen molar-refractivity contribution in [3.63, 3.8) is 0 Å². The van der Waals surface area contributed by atoms with Crippen LogP contribution in [0.3, 0.4) is 0 Å². The number of benzene rings is 3. The van der Waals surface area contributed by atoms with Gasteiger partial charge in [0, 0.05) is 10.8 Å². The predicted molar refractivity (Wildman–Crippen MR) is 121 cm³/mol. The summed E-state index contributed by atoms with van der Waals surface area (Å²) in [7, 11) is 0. The van der Waals surface area contributed by atoms with Crippen LogP contribution in [0.4, 0.5) is 0 Å². The van der Waals surface area contributed by atoms with Gasteiger partial charge >= 0.3 is 0 Å². The Morgan fingerprint density at radius 1 is 0.613 bits per heavy atom. The van der Waals surface area contributed by atoms with E-state index in [1.807, 2.05) is 48.5 Å². The molecule has 31 heavy (non-hydrogen) atoms. The molecule has 4 nitrogen and oxygen atoms in total. The quantitative estimate of drug-likeness (QED) is 0.420. The predicted octanol–water partition coefficient (Wildman–Crippen LogP) is 6.45. The Hall–Kier alpha value is -3.76. The minimum Gasteiger partial charge on any atom is -0.388 e. The largest absolute Gasteiger partial charge is 0.388 e. The van der Waals surface area contributed by atoms with Gasteiger partial charge < -0.3 is 9.47 Å². The second-order valence-corrected chi connectivity index (χ2v) is 8.32. The first kappa shape index (κ1) is 21.9. The Morgan fingerprint density at radius 2 is 0.935 bits per heavy atom. The zero-order valence-electron chi connectivity index (χ0n) is 18.3. The molecule has 0 aliphatic heterocycles. The van der Waals surface area contributed by atoms with E-state index < -0.39 is 0 Å². The summed E-state index contributed by atoms with van der Waals surface area (Å²) in [5.41, 5.74) is 4.44. The van der Waals surface area contributed by atoms with E-state index in [9.17, 15) is 0 Å². The minimum atomic E-state index is -0.192. The molecule has 0 bridgehead atoms. The lowest BCUT2D eigenvalue weighted by atomic mass is 9.72. The molecule has 0 spiro atoms. The van der Waals surface area contributed by atoms with Crippen LogP contribution in [-0.4, -0.2) is 0 Å². The van der Waals surface area contributed by atoms with Crippen molar-refractivity contribution < 1.29 is 9.47 Å². The highest BCUT2D eigenvalue weighted by Crippen LogP contribution is 2.38. The number of rotatable bonds is 7. The van der Waals surface area contributed by atoms with Gasteiger partial charge in [-0.25, -0.2) is 0 Å². The van der Waals surface area contributed by atoms with Gasteiger partial charge in [-0.2, -0.15) is 0 Å². The van der Waals surface area contributed by atoms with E-state index in [2.05, 4.69) is 52.0 Å². The molecule has 0 aliphatic rings. The van der Waals surface area contributed by atoms with Crippen molar-refractivity contribution in [1.29, 1.82) is 10.5 Å². The molecule has 0 radical (unpaired) electrons. The van der Waals surface area contributed by atoms with Crippen molar-refractivity contribution >= 4 is 0 Å². The molecular formula is C27H26N2O2. The summed E-state index contributed by atoms with van der Waals surface area (Å²) in [6.45, 7) is 8.80. The average Bonchev–Trinajstić information content (AvgIpc) is 2.80. The van der Waals surface area contributed by atoms with Crippen LogP contribution in [0, 0.1) is 23.0 Å². The number of nitrogens with zero attached hydrogens (tertiary/aromatic N) is 2. The highest BCUT2D eigenvalue weighted by Gasteiger charge is 2.29. The molecule has 1 unspecified atom stereocenters. The molecule has 1 atom stereocenters. The van der Waals surface area contributed by atoms with Crippen molar-refractivity contribution in [3.8, 4) is 24.0 Å². The molecule has 0 aliphatic carbocycles. The van der Waals surface area contributed by atoms with Crippen molar-refractivity contribution in [2.75, 3.05) is 0 Å². The highest BCUT2D eigenvalue weighted by atomic mass is 16.5. The van der Waals surface area contributed by atoms with Gasteiger partial charge in [-0.05, 0) is 52.9 Å². The number of ether oxygens (including phenoxy) is 2. The van der Waals surface area contributed by atoms with Gasteiger partial charge in [-0.3, -0.25) is 0 Å². The Kier molecular flexibility index (Phi) is 6.33. The van der Waals surface area contributed by atoms with Gasteiger partial charge in [-0.15, -0.1) is 10.5 Å². The molecule has 3 aromatic carbocycles. The van der Waals surface area contributed by atoms with Crippen molar-refractivity contribution in [1.82, 2.24) is 0 Å². The van der Waals surface area contributed by atoms with Gasteiger partial charge in [0.15, 0.2) is 0 Å². The number of hydrogen-bond donors (Lipinski definition) is 0. The van der Waals surface area contributed by atoms with Gasteiger partial charge in [-0.1, -0.05) is 76.2 Å². The summed E-state index contributed by atoms with van der Waals surface area (Å²) >= 11 is 0.